The molecule has 0 atom stereocenters. The highest BCUT2D eigenvalue weighted by molar-refractivity contribution is 6.30. The van der Waals surface area contributed by atoms with E-state index in [9.17, 15) is 26.3 Å². The van der Waals surface area contributed by atoms with Crippen molar-refractivity contribution in [2.45, 2.75) is 12.4 Å². The predicted octanol–water partition coefficient (Wildman–Crippen LogP) is 4.83. The lowest BCUT2D eigenvalue weighted by molar-refractivity contribution is -0.143. The average molecular weight is 327 g/mol. The zero-order valence-corrected chi connectivity index (χ0v) is 10.7. The molecule has 2 heterocycles. The Balaban J connectivity index is 2.75. The molecule has 21 heavy (non-hydrogen) atoms. The van der Waals surface area contributed by atoms with Crippen LogP contribution in [0.5, 0.6) is 0 Å². The molecule has 2 aromatic rings. The molecule has 0 radical (unpaired) electrons. The quantitative estimate of drug-likeness (QED) is 0.554. The third-order valence-corrected chi connectivity index (χ3v) is 2.78. The summed E-state index contributed by atoms with van der Waals surface area (Å²) in [5.41, 5.74) is -4.16. The average Bonchev–Trinajstić information content (AvgIpc) is 2.36. The van der Waals surface area contributed by atoms with Crippen molar-refractivity contribution in [1.82, 2.24) is 9.97 Å². The molecular weight excluding hydrogens is 322 g/mol. The van der Waals surface area contributed by atoms with Crippen LogP contribution in [0.1, 0.15) is 11.1 Å². The van der Waals surface area contributed by atoms with E-state index < -0.39 is 34.3 Å². The molecular formula is C12H5ClF6N2. The fourth-order valence-electron chi connectivity index (χ4n) is 1.60. The van der Waals surface area contributed by atoms with Gasteiger partial charge in [-0.2, -0.15) is 26.3 Å². The lowest BCUT2D eigenvalue weighted by Gasteiger charge is -2.16. The Bertz CT molecular complexity index is 651. The first kappa shape index (κ1) is 15.6. The molecule has 0 N–H and O–H groups in total. The summed E-state index contributed by atoms with van der Waals surface area (Å²) < 4.78 is 76.8. The molecule has 112 valence electrons. The zero-order chi connectivity index (χ0) is 15.8. The zero-order valence-electron chi connectivity index (χ0n) is 9.93. The molecule has 0 fully saturated rings. The van der Waals surface area contributed by atoms with Crippen LogP contribution in [0, 0.1) is 0 Å². The van der Waals surface area contributed by atoms with E-state index >= 15 is 0 Å². The van der Waals surface area contributed by atoms with Crippen molar-refractivity contribution >= 4 is 11.6 Å². The molecule has 0 saturated heterocycles. The third-order valence-electron chi connectivity index (χ3n) is 2.49. The summed E-state index contributed by atoms with van der Waals surface area (Å²) >= 11 is 5.36. The van der Waals surface area contributed by atoms with Crippen molar-refractivity contribution in [3.63, 3.8) is 0 Å². The summed E-state index contributed by atoms with van der Waals surface area (Å²) in [4.78, 5) is 6.89. The van der Waals surface area contributed by atoms with Gasteiger partial charge in [0.15, 0.2) is 0 Å². The van der Waals surface area contributed by atoms with E-state index in [1.807, 2.05) is 0 Å². The molecule has 0 bridgehead atoms. The number of halogens is 7. The van der Waals surface area contributed by atoms with Crippen LogP contribution in [0.15, 0.2) is 30.5 Å². The highest BCUT2D eigenvalue weighted by Crippen LogP contribution is 2.41. The highest BCUT2D eigenvalue weighted by Gasteiger charge is 2.41. The molecule has 2 aromatic heterocycles. The number of aromatic nitrogens is 2. The van der Waals surface area contributed by atoms with Gasteiger partial charge in [-0.3, -0.25) is 4.98 Å². The topological polar surface area (TPSA) is 25.8 Å². The van der Waals surface area contributed by atoms with Gasteiger partial charge in [-0.1, -0.05) is 17.7 Å². The highest BCUT2D eigenvalue weighted by atomic mass is 35.5. The van der Waals surface area contributed by atoms with Crippen molar-refractivity contribution in [3.8, 4) is 11.4 Å². The fraction of sp³-hybridized carbons (Fsp3) is 0.167. The van der Waals surface area contributed by atoms with E-state index in [-0.39, 0.29) is 11.8 Å². The summed E-state index contributed by atoms with van der Waals surface area (Å²) in [7, 11) is 0. The first-order valence-corrected chi connectivity index (χ1v) is 5.75. The predicted molar refractivity (Wildman–Crippen MR) is 62.5 cm³/mol. The van der Waals surface area contributed by atoms with Gasteiger partial charge in [-0.15, -0.1) is 0 Å². The molecule has 0 amide bonds. The summed E-state index contributed by atoms with van der Waals surface area (Å²) in [5, 5.41) is -1.06. The number of alkyl halides is 6. The lowest BCUT2D eigenvalue weighted by atomic mass is 10.1. The van der Waals surface area contributed by atoms with Gasteiger partial charge < -0.3 is 0 Å². The van der Waals surface area contributed by atoms with Gasteiger partial charge in [0.2, 0.25) is 0 Å². The number of nitrogens with zero attached hydrogens (tertiary/aromatic N) is 2. The van der Waals surface area contributed by atoms with Gasteiger partial charge in [0.25, 0.3) is 0 Å². The van der Waals surface area contributed by atoms with Crippen LogP contribution in [0.2, 0.25) is 5.15 Å². The maximum absolute atomic E-state index is 13.0. The third kappa shape index (κ3) is 3.26. The van der Waals surface area contributed by atoms with Crippen LogP contribution in [0.3, 0.4) is 0 Å². The van der Waals surface area contributed by atoms with Crippen LogP contribution in [0.25, 0.3) is 11.4 Å². The lowest BCUT2D eigenvalue weighted by Crippen LogP contribution is -2.14. The van der Waals surface area contributed by atoms with Gasteiger partial charge in [-0.05, 0) is 18.2 Å². The Morgan fingerprint density at radius 2 is 1.52 bits per heavy atom. The Morgan fingerprint density at radius 1 is 0.905 bits per heavy atom. The summed E-state index contributed by atoms with van der Waals surface area (Å²) in [6.07, 6.45) is -8.86. The van der Waals surface area contributed by atoms with Gasteiger partial charge in [0.05, 0.1) is 16.8 Å². The molecule has 0 aromatic carbocycles. The van der Waals surface area contributed by atoms with Gasteiger partial charge >= 0.3 is 12.4 Å². The van der Waals surface area contributed by atoms with Crippen LogP contribution < -0.4 is 0 Å². The first-order valence-electron chi connectivity index (χ1n) is 5.37. The molecule has 9 heteroatoms. The van der Waals surface area contributed by atoms with Gasteiger partial charge in [0.1, 0.15) is 10.8 Å². The van der Waals surface area contributed by atoms with Crippen LogP contribution in [0.4, 0.5) is 26.3 Å². The molecule has 0 saturated carbocycles. The smallest absolute Gasteiger partial charge is 0.255 e. The van der Waals surface area contributed by atoms with E-state index in [0.717, 1.165) is 0 Å². The Hall–Kier alpha value is -1.83. The Morgan fingerprint density at radius 3 is 2.00 bits per heavy atom. The molecule has 2 nitrogen and oxygen atoms in total. The summed E-state index contributed by atoms with van der Waals surface area (Å²) in [6.45, 7) is 0. The standard InChI is InChI=1S/C12H5ClF6N2/c13-10-7(12(17,18)19)5-6(11(14,15)16)9(21-10)8-3-1-2-4-20-8/h1-5H. The van der Waals surface area contributed by atoms with Gasteiger partial charge in [-0.25, -0.2) is 4.98 Å². The molecule has 0 aliphatic heterocycles. The van der Waals surface area contributed by atoms with E-state index in [2.05, 4.69) is 9.97 Å². The fourth-order valence-corrected chi connectivity index (χ4v) is 1.85. The van der Waals surface area contributed by atoms with Crippen LogP contribution >= 0.6 is 11.6 Å². The Labute approximate surface area is 119 Å². The monoisotopic (exact) mass is 326 g/mol. The van der Waals surface area contributed by atoms with Crippen LogP contribution in [-0.4, -0.2) is 9.97 Å². The van der Waals surface area contributed by atoms with Crippen LogP contribution in [-0.2, 0) is 12.4 Å². The van der Waals surface area contributed by atoms with E-state index in [1.54, 1.807) is 0 Å². The van der Waals surface area contributed by atoms with Crippen molar-refractivity contribution in [2.75, 3.05) is 0 Å². The first-order chi connectivity index (χ1) is 9.60. The molecule has 0 aliphatic carbocycles. The maximum Gasteiger partial charge on any atom is 0.419 e. The second-order valence-corrected chi connectivity index (χ2v) is 4.29. The van der Waals surface area contributed by atoms with Crippen molar-refractivity contribution in [1.29, 1.82) is 0 Å². The largest absolute Gasteiger partial charge is 0.419 e. The Kier molecular flexibility index (Phi) is 3.83. The number of hydrogen-bond acceptors (Lipinski definition) is 2. The number of pyridine rings is 2. The van der Waals surface area contributed by atoms with E-state index in [1.165, 1.54) is 24.4 Å². The second-order valence-electron chi connectivity index (χ2n) is 3.93. The summed E-state index contributed by atoms with van der Waals surface area (Å²) in [6, 6.07) is 3.97. The number of rotatable bonds is 1. The SMILES string of the molecule is FC(F)(F)c1cc(C(F)(F)F)c(-c2ccccn2)nc1Cl. The normalized spacial score (nSPS) is 12.5. The maximum atomic E-state index is 13.0. The van der Waals surface area contributed by atoms with E-state index in [0.29, 0.717) is 0 Å². The molecule has 0 spiro atoms. The van der Waals surface area contributed by atoms with Crippen molar-refractivity contribution < 1.29 is 26.3 Å². The molecule has 0 unspecified atom stereocenters. The van der Waals surface area contributed by atoms with E-state index in [4.69, 9.17) is 11.6 Å². The van der Waals surface area contributed by atoms with Crippen molar-refractivity contribution in [3.05, 3.63) is 46.7 Å². The summed E-state index contributed by atoms with van der Waals surface area (Å²) in [5.74, 6) is 0. The molecule has 2 rings (SSSR count). The second kappa shape index (κ2) is 5.18. The number of hydrogen-bond donors (Lipinski definition) is 0. The minimum Gasteiger partial charge on any atom is -0.255 e. The minimum absolute atomic E-state index is 0.0562. The minimum atomic E-state index is -5.03. The van der Waals surface area contributed by atoms with Gasteiger partial charge in [0, 0.05) is 6.20 Å². The molecule has 0 aliphatic rings. The van der Waals surface area contributed by atoms with Crippen molar-refractivity contribution in [2.24, 2.45) is 0 Å².